The Labute approximate surface area is 92.7 Å². The minimum absolute atomic E-state index is 0.816. The Bertz CT molecular complexity index is 305. The van der Waals surface area contributed by atoms with Crippen LogP contribution < -0.4 is 0 Å². The van der Waals surface area contributed by atoms with Gasteiger partial charge in [0.25, 0.3) is 0 Å². The summed E-state index contributed by atoms with van der Waals surface area (Å²) in [4.78, 5) is 0. The van der Waals surface area contributed by atoms with Crippen LogP contribution in [0.3, 0.4) is 0 Å². The third-order valence-electron chi connectivity index (χ3n) is 1.72. The molecule has 0 N–H and O–H groups in total. The van der Waals surface area contributed by atoms with Gasteiger partial charge in [0.1, 0.15) is 0 Å². The number of halogens is 2. The second-order valence-electron chi connectivity index (χ2n) is 2.90. The molecule has 1 rings (SSSR count). The highest BCUT2D eigenvalue weighted by atomic mass is 79.9. The Balaban J connectivity index is 2.81. The fourth-order valence-electron chi connectivity index (χ4n) is 1.06. The molecule has 1 aromatic rings. The first-order valence-electron chi connectivity index (χ1n) is 4.22. The van der Waals surface area contributed by atoms with E-state index in [1.54, 1.807) is 0 Å². The first kappa shape index (κ1) is 10.8. The smallest absolute Gasteiger partial charge is 0.0478 e. The molecule has 13 heavy (non-hydrogen) atoms. The second-order valence-corrected chi connectivity index (χ2v) is 4.11. The summed E-state index contributed by atoms with van der Waals surface area (Å²) >= 11 is 9.38. The topological polar surface area (TPSA) is 0 Å². The summed E-state index contributed by atoms with van der Waals surface area (Å²) < 4.78 is 0. The highest BCUT2D eigenvalue weighted by Crippen LogP contribution is 2.18. The number of alkyl halides is 1. The van der Waals surface area contributed by atoms with Gasteiger partial charge < -0.3 is 0 Å². The van der Waals surface area contributed by atoms with Gasteiger partial charge in [-0.1, -0.05) is 57.4 Å². The van der Waals surface area contributed by atoms with Crippen LogP contribution in [0.1, 0.15) is 17.5 Å². The Hall–Kier alpha value is -0.270. The fraction of sp³-hybridized carbons (Fsp3) is 0.273. The van der Waals surface area contributed by atoms with E-state index in [0.29, 0.717) is 0 Å². The molecule has 0 saturated heterocycles. The van der Waals surface area contributed by atoms with Crippen LogP contribution in [0.4, 0.5) is 0 Å². The molecule has 0 aliphatic carbocycles. The van der Waals surface area contributed by atoms with Gasteiger partial charge in [-0.25, -0.2) is 0 Å². The van der Waals surface area contributed by atoms with Crippen molar-refractivity contribution in [3.63, 3.8) is 0 Å². The summed E-state index contributed by atoms with van der Waals surface area (Å²) in [7, 11) is 0. The average Bonchev–Trinajstić information content (AvgIpc) is 2.11. The van der Waals surface area contributed by atoms with E-state index in [4.69, 9.17) is 11.6 Å². The van der Waals surface area contributed by atoms with Crippen LogP contribution in [0.2, 0.25) is 5.02 Å². The molecule has 2 heteroatoms. The molecule has 70 valence electrons. The molecular weight excluding hydrogens is 247 g/mol. The summed E-state index contributed by atoms with van der Waals surface area (Å²) in [5.41, 5.74) is 2.34. The third kappa shape index (κ3) is 3.53. The van der Waals surface area contributed by atoms with Crippen molar-refractivity contribution in [1.82, 2.24) is 0 Å². The van der Waals surface area contributed by atoms with E-state index in [9.17, 15) is 0 Å². The monoisotopic (exact) mass is 258 g/mol. The normalized spacial score (nSPS) is 11.0. The van der Waals surface area contributed by atoms with E-state index >= 15 is 0 Å². The van der Waals surface area contributed by atoms with E-state index < -0.39 is 0 Å². The van der Waals surface area contributed by atoms with Gasteiger partial charge in [-0.3, -0.25) is 0 Å². The fourth-order valence-corrected chi connectivity index (χ4v) is 1.51. The summed E-state index contributed by atoms with van der Waals surface area (Å²) in [6.07, 6.45) is 5.22. The lowest BCUT2D eigenvalue weighted by Crippen LogP contribution is -1.78. The molecular formula is C11H12BrCl. The molecule has 0 spiro atoms. The Kier molecular flexibility index (Phi) is 4.54. The maximum atomic E-state index is 6.01. The lowest BCUT2D eigenvalue weighted by atomic mass is 10.1. The molecule has 0 unspecified atom stereocenters. The largest absolute Gasteiger partial charge is 0.0925 e. The molecule has 0 bridgehead atoms. The van der Waals surface area contributed by atoms with Crippen molar-refractivity contribution >= 4 is 33.6 Å². The van der Waals surface area contributed by atoms with Crippen molar-refractivity contribution in [2.45, 2.75) is 13.3 Å². The highest BCUT2D eigenvalue weighted by Gasteiger charge is 1.95. The predicted molar refractivity (Wildman–Crippen MR) is 63.6 cm³/mol. The van der Waals surface area contributed by atoms with Gasteiger partial charge in [-0.05, 0) is 25.0 Å². The number of aryl methyl sites for hydroxylation is 1. The van der Waals surface area contributed by atoms with Gasteiger partial charge >= 0.3 is 0 Å². The zero-order valence-corrected chi connectivity index (χ0v) is 9.90. The summed E-state index contributed by atoms with van der Waals surface area (Å²) in [6, 6.07) is 6.04. The average molecular weight is 260 g/mol. The van der Waals surface area contributed by atoms with E-state index in [2.05, 4.69) is 41.1 Å². The van der Waals surface area contributed by atoms with Gasteiger partial charge in [-0.2, -0.15) is 0 Å². The molecule has 0 aliphatic heterocycles. The lowest BCUT2D eigenvalue weighted by molar-refractivity contribution is 1.27. The summed E-state index contributed by atoms with van der Waals surface area (Å²) in [5, 5.41) is 1.81. The molecule has 0 fully saturated rings. The van der Waals surface area contributed by atoms with E-state index in [0.717, 1.165) is 22.3 Å². The van der Waals surface area contributed by atoms with Gasteiger partial charge in [-0.15, -0.1) is 0 Å². The van der Waals surface area contributed by atoms with Crippen LogP contribution in [0.5, 0.6) is 0 Å². The lowest BCUT2D eigenvalue weighted by Gasteiger charge is -1.99. The van der Waals surface area contributed by atoms with Gasteiger partial charge in [0.15, 0.2) is 0 Å². The van der Waals surface area contributed by atoms with E-state index in [1.165, 1.54) is 5.56 Å². The van der Waals surface area contributed by atoms with Gasteiger partial charge in [0.05, 0.1) is 0 Å². The van der Waals surface area contributed by atoms with Crippen molar-refractivity contribution in [3.8, 4) is 0 Å². The second kappa shape index (κ2) is 5.46. The zero-order valence-electron chi connectivity index (χ0n) is 7.56. The molecule has 0 aromatic heterocycles. The number of benzene rings is 1. The number of hydrogen-bond donors (Lipinski definition) is 0. The number of hydrogen-bond acceptors (Lipinski definition) is 0. The van der Waals surface area contributed by atoms with Crippen LogP contribution in [0, 0.1) is 6.92 Å². The van der Waals surface area contributed by atoms with Crippen LogP contribution in [-0.4, -0.2) is 5.33 Å². The van der Waals surface area contributed by atoms with Gasteiger partial charge in [0.2, 0.25) is 0 Å². The van der Waals surface area contributed by atoms with Crippen LogP contribution in [0.25, 0.3) is 6.08 Å². The molecule has 0 saturated carbocycles. The third-order valence-corrected chi connectivity index (χ3v) is 2.53. The number of rotatable bonds is 3. The van der Waals surface area contributed by atoms with Crippen molar-refractivity contribution in [1.29, 1.82) is 0 Å². The maximum absolute atomic E-state index is 6.01. The molecule has 0 amide bonds. The summed E-state index contributed by atoms with van der Waals surface area (Å²) in [5.74, 6) is 0. The maximum Gasteiger partial charge on any atom is 0.0478 e. The standard InChI is InChI=1S/C11H12BrCl/c1-9-5-6-11(13)10(8-9)4-2-3-7-12/h2,4-6,8H,3,7H2,1H3. The predicted octanol–water partition coefficient (Wildman–Crippen LogP) is 4.45. The Morgan fingerprint density at radius 3 is 2.92 bits per heavy atom. The summed E-state index contributed by atoms with van der Waals surface area (Å²) in [6.45, 7) is 2.07. The van der Waals surface area contributed by atoms with E-state index in [1.807, 2.05) is 12.1 Å². The van der Waals surface area contributed by atoms with Gasteiger partial charge in [0, 0.05) is 10.4 Å². The minimum Gasteiger partial charge on any atom is -0.0925 e. The first-order valence-corrected chi connectivity index (χ1v) is 5.72. The minimum atomic E-state index is 0.816. The quantitative estimate of drug-likeness (QED) is 0.704. The van der Waals surface area contributed by atoms with Crippen molar-refractivity contribution in [3.05, 3.63) is 40.4 Å². The molecule has 0 nitrogen and oxygen atoms in total. The zero-order chi connectivity index (χ0) is 9.68. The van der Waals surface area contributed by atoms with Crippen LogP contribution in [0.15, 0.2) is 24.3 Å². The first-order chi connectivity index (χ1) is 6.24. The molecule has 0 atom stereocenters. The SMILES string of the molecule is Cc1ccc(Cl)c(C=CCCBr)c1. The number of allylic oxidation sites excluding steroid dienone is 1. The Morgan fingerprint density at radius 1 is 1.46 bits per heavy atom. The molecule has 0 radical (unpaired) electrons. The Morgan fingerprint density at radius 2 is 2.23 bits per heavy atom. The van der Waals surface area contributed by atoms with Crippen molar-refractivity contribution in [2.24, 2.45) is 0 Å². The molecule has 0 heterocycles. The van der Waals surface area contributed by atoms with Crippen molar-refractivity contribution < 1.29 is 0 Å². The van der Waals surface area contributed by atoms with E-state index in [-0.39, 0.29) is 0 Å². The highest BCUT2D eigenvalue weighted by molar-refractivity contribution is 9.09. The molecule has 1 aromatic carbocycles. The molecule has 0 aliphatic rings. The van der Waals surface area contributed by atoms with Crippen molar-refractivity contribution in [2.75, 3.05) is 5.33 Å². The van der Waals surface area contributed by atoms with Crippen LogP contribution in [-0.2, 0) is 0 Å². The van der Waals surface area contributed by atoms with Crippen LogP contribution >= 0.6 is 27.5 Å².